The average Bonchev–Trinajstić information content (AvgIpc) is 3.04. The van der Waals surface area contributed by atoms with Gasteiger partial charge in [0.05, 0.1) is 12.6 Å². The number of amides is 1. The van der Waals surface area contributed by atoms with Crippen molar-refractivity contribution in [1.29, 1.82) is 0 Å². The Labute approximate surface area is 155 Å². The van der Waals surface area contributed by atoms with Gasteiger partial charge in [0.15, 0.2) is 6.23 Å². The molecular weight excluding hydrogens is 326 g/mol. The number of carbonyl (C=O) groups is 1. The molecule has 4 nitrogen and oxygen atoms in total. The van der Waals surface area contributed by atoms with Gasteiger partial charge >= 0.3 is 6.09 Å². The number of hydrogen-bond donors (Lipinski definition) is 0. The van der Waals surface area contributed by atoms with Gasteiger partial charge in [-0.05, 0) is 38.0 Å². The van der Waals surface area contributed by atoms with E-state index in [1.165, 1.54) is 0 Å². The Kier molecular flexibility index (Phi) is 5.43. The van der Waals surface area contributed by atoms with Crippen LogP contribution in [0, 0.1) is 0 Å². The van der Waals surface area contributed by atoms with Gasteiger partial charge < -0.3 is 9.47 Å². The van der Waals surface area contributed by atoms with E-state index in [0.29, 0.717) is 6.61 Å². The molecule has 1 heterocycles. The van der Waals surface area contributed by atoms with Crippen LogP contribution in [-0.2, 0) is 9.47 Å². The molecule has 2 atom stereocenters. The van der Waals surface area contributed by atoms with E-state index in [-0.39, 0.29) is 12.1 Å². The molecule has 0 bridgehead atoms. The maximum absolute atomic E-state index is 12.9. The van der Waals surface area contributed by atoms with Crippen LogP contribution in [0.1, 0.15) is 37.9 Å². The maximum Gasteiger partial charge on any atom is 0.413 e. The van der Waals surface area contributed by atoms with E-state index < -0.39 is 11.8 Å². The summed E-state index contributed by atoms with van der Waals surface area (Å²) < 4.78 is 11.6. The molecule has 0 radical (unpaired) electrons. The van der Waals surface area contributed by atoms with E-state index in [9.17, 15) is 4.79 Å². The second-order valence-corrected chi connectivity index (χ2v) is 7.31. The second-order valence-electron chi connectivity index (χ2n) is 7.31. The lowest BCUT2D eigenvalue weighted by Crippen LogP contribution is -2.41. The van der Waals surface area contributed by atoms with Crippen molar-refractivity contribution in [3.05, 3.63) is 77.9 Å². The fraction of sp³-hybridized carbons (Fsp3) is 0.318. The first-order valence-corrected chi connectivity index (χ1v) is 8.85. The lowest BCUT2D eigenvalue weighted by atomic mass is 10.1. The Hall–Kier alpha value is -2.59. The smallest absolute Gasteiger partial charge is 0.413 e. The van der Waals surface area contributed by atoms with Gasteiger partial charge in [-0.15, -0.1) is 0 Å². The van der Waals surface area contributed by atoms with Gasteiger partial charge in [-0.3, -0.25) is 4.90 Å². The Bertz CT molecular complexity index is 750. The number of rotatable bonds is 3. The zero-order chi connectivity index (χ0) is 18.6. The zero-order valence-corrected chi connectivity index (χ0v) is 15.5. The topological polar surface area (TPSA) is 38.8 Å². The van der Waals surface area contributed by atoms with Crippen LogP contribution in [0.3, 0.4) is 0 Å². The van der Waals surface area contributed by atoms with Crippen LogP contribution in [0.15, 0.2) is 66.7 Å². The van der Waals surface area contributed by atoms with Crippen molar-refractivity contribution in [2.24, 2.45) is 0 Å². The van der Waals surface area contributed by atoms with E-state index in [4.69, 9.17) is 9.47 Å². The van der Waals surface area contributed by atoms with Gasteiger partial charge in [0.2, 0.25) is 0 Å². The predicted octanol–water partition coefficient (Wildman–Crippen LogP) is 5.03. The minimum absolute atomic E-state index is 0.170. The molecule has 2 aromatic rings. The molecule has 1 aliphatic heterocycles. The third kappa shape index (κ3) is 4.52. The highest BCUT2D eigenvalue weighted by Crippen LogP contribution is 2.32. The standard InChI is InChI=1S/C22H25NO3/c1-22(2,3)26-21(24)23-19(18-12-8-5-9-13-18)16-25-20(23)15-14-17-10-6-4-7-11-17/h4-15,19-20H,16H2,1-3H3/b15-14+/t19-,20+/m0/s1. The fourth-order valence-corrected chi connectivity index (χ4v) is 2.91. The van der Waals surface area contributed by atoms with Crippen molar-refractivity contribution in [1.82, 2.24) is 4.90 Å². The summed E-state index contributed by atoms with van der Waals surface area (Å²) in [5.74, 6) is 0. The lowest BCUT2D eigenvalue weighted by Gasteiger charge is -2.30. The van der Waals surface area contributed by atoms with Gasteiger partial charge in [-0.2, -0.15) is 0 Å². The minimum Gasteiger partial charge on any atom is -0.444 e. The van der Waals surface area contributed by atoms with Gasteiger partial charge in [0, 0.05) is 0 Å². The molecule has 2 aromatic carbocycles. The summed E-state index contributed by atoms with van der Waals surface area (Å²) in [5.41, 5.74) is 1.53. The highest BCUT2D eigenvalue weighted by molar-refractivity contribution is 5.70. The highest BCUT2D eigenvalue weighted by atomic mass is 16.6. The van der Waals surface area contributed by atoms with Gasteiger partial charge in [-0.1, -0.05) is 66.7 Å². The quantitative estimate of drug-likeness (QED) is 0.778. The van der Waals surface area contributed by atoms with Crippen LogP contribution in [-0.4, -0.2) is 29.4 Å². The summed E-state index contributed by atoms with van der Waals surface area (Å²) >= 11 is 0. The largest absolute Gasteiger partial charge is 0.444 e. The molecule has 0 aromatic heterocycles. The summed E-state index contributed by atoms with van der Waals surface area (Å²) in [7, 11) is 0. The Morgan fingerprint density at radius 1 is 1.08 bits per heavy atom. The molecule has 0 saturated carbocycles. The van der Waals surface area contributed by atoms with Crippen LogP contribution in [0.4, 0.5) is 4.79 Å². The van der Waals surface area contributed by atoms with E-state index >= 15 is 0 Å². The maximum atomic E-state index is 12.9. The first-order valence-electron chi connectivity index (χ1n) is 8.85. The van der Waals surface area contributed by atoms with Gasteiger partial charge in [-0.25, -0.2) is 4.79 Å². The molecule has 0 aliphatic carbocycles. The van der Waals surface area contributed by atoms with Crippen molar-refractivity contribution in [2.45, 2.75) is 38.6 Å². The number of nitrogens with zero attached hydrogens (tertiary/aromatic N) is 1. The molecule has 136 valence electrons. The van der Waals surface area contributed by atoms with Crippen LogP contribution in [0.25, 0.3) is 6.08 Å². The molecule has 3 rings (SSSR count). The lowest BCUT2D eigenvalue weighted by molar-refractivity contribution is 0.00112. The Morgan fingerprint density at radius 3 is 2.31 bits per heavy atom. The summed E-state index contributed by atoms with van der Waals surface area (Å²) in [4.78, 5) is 14.5. The van der Waals surface area contributed by atoms with E-state index in [1.807, 2.05) is 93.6 Å². The van der Waals surface area contributed by atoms with Crippen molar-refractivity contribution in [2.75, 3.05) is 6.61 Å². The number of ether oxygens (including phenoxy) is 2. The molecule has 26 heavy (non-hydrogen) atoms. The summed E-state index contributed by atoms with van der Waals surface area (Å²) in [6.07, 6.45) is 3.04. The number of carbonyl (C=O) groups excluding carboxylic acids is 1. The van der Waals surface area contributed by atoms with E-state index in [0.717, 1.165) is 11.1 Å². The molecule has 0 spiro atoms. The van der Waals surface area contributed by atoms with E-state index in [2.05, 4.69) is 0 Å². The first kappa shape index (κ1) is 18.2. The SMILES string of the molecule is CC(C)(C)OC(=O)N1[C@@H](/C=C/c2ccccc2)OC[C@H]1c1ccccc1. The highest BCUT2D eigenvalue weighted by Gasteiger charge is 2.39. The first-order chi connectivity index (χ1) is 12.4. The van der Waals surface area contributed by atoms with Crippen molar-refractivity contribution >= 4 is 12.2 Å². The molecule has 0 unspecified atom stereocenters. The van der Waals surface area contributed by atoms with Crippen LogP contribution in [0.5, 0.6) is 0 Å². The predicted molar refractivity (Wildman–Crippen MR) is 102 cm³/mol. The normalized spacial score (nSPS) is 20.5. The van der Waals surface area contributed by atoms with Crippen LogP contribution < -0.4 is 0 Å². The van der Waals surface area contributed by atoms with Crippen LogP contribution in [0.2, 0.25) is 0 Å². The number of hydrogen-bond acceptors (Lipinski definition) is 3. The molecule has 1 aliphatic rings. The fourth-order valence-electron chi connectivity index (χ4n) is 2.91. The third-order valence-corrected chi connectivity index (χ3v) is 4.08. The Morgan fingerprint density at radius 2 is 1.69 bits per heavy atom. The molecule has 0 N–H and O–H groups in total. The van der Waals surface area contributed by atoms with Crippen molar-refractivity contribution in [3.63, 3.8) is 0 Å². The van der Waals surface area contributed by atoms with Crippen molar-refractivity contribution in [3.8, 4) is 0 Å². The number of benzene rings is 2. The summed E-state index contributed by atoms with van der Waals surface area (Å²) in [6, 6.07) is 19.7. The summed E-state index contributed by atoms with van der Waals surface area (Å²) in [6.45, 7) is 6.05. The molecule has 1 fully saturated rings. The molecule has 1 amide bonds. The molecular formula is C22H25NO3. The van der Waals surface area contributed by atoms with E-state index in [1.54, 1.807) is 4.90 Å². The summed E-state index contributed by atoms with van der Waals surface area (Å²) in [5, 5.41) is 0. The van der Waals surface area contributed by atoms with Crippen molar-refractivity contribution < 1.29 is 14.3 Å². The zero-order valence-electron chi connectivity index (χ0n) is 15.5. The molecule has 1 saturated heterocycles. The third-order valence-electron chi connectivity index (χ3n) is 4.08. The second kappa shape index (κ2) is 7.75. The molecule has 4 heteroatoms. The minimum atomic E-state index is -0.561. The Balaban J connectivity index is 1.86. The van der Waals surface area contributed by atoms with Gasteiger partial charge in [0.25, 0.3) is 0 Å². The van der Waals surface area contributed by atoms with Crippen LogP contribution >= 0.6 is 0 Å². The monoisotopic (exact) mass is 351 g/mol. The average molecular weight is 351 g/mol. The van der Waals surface area contributed by atoms with Gasteiger partial charge in [0.1, 0.15) is 5.60 Å².